The van der Waals surface area contributed by atoms with Crippen molar-refractivity contribution in [1.29, 1.82) is 0 Å². The Kier molecular flexibility index (Phi) is 8.36. The second-order valence-corrected chi connectivity index (χ2v) is 9.92. The second-order valence-electron chi connectivity index (χ2n) is 9.92. The third-order valence-corrected chi connectivity index (χ3v) is 7.15. The summed E-state index contributed by atoms with van der Waals surface area (Å²) in [5, 5.41) is 1.19. The van der Waals surface area contributed by atoms with Gasteiger partial charge >= 0.3 is 5.97 Å². The Morgan fingerprint density at radius 2 is 2.00 bits per heavy atom. The van der Waals surface area contributed by atoms with Gasteiger partial charge in [0.2, 0.25) is 5.89 Å². The van der Waals surface area contributed by atoms with Crippen molar-refractivity contribution in [2.24, 2.45) is 5.92 Å². The summed E-state index contributed by atoms with van der Waals surface area (Å²) in [5.74, 6) is -0.670. The number of piperidine rings is 1. The van der Waals surface area contributed by atoms with Crippen LogP contribution in [-0.4, -0.2) is 57.9 Å². The lowest BCUT2D eigenvalue weighted by molar-refractivity contribution is -0.149. The monoisotopic (exact) mass is 532 g/mol. The Bertz CT molecular complexity index is 1410. The Morgan fingerprint density at radius 3 is 2.82 bits per heavy atom. The lowest BCUT2D eigenvalue weighted by Crippen LogP contribution is -2.43. The van der Waals surface area contributed by atoms with Crippen molar-refractivity contribution in [2.75, 3.05) is 26.2 Å². The number of aromatic amines is 1. The number of ether oxygens (including phenoxy) is 1. The first-order chi connectivity index (χ1) is 19.0. The number of oxazole rings is 1. The number of likely N-dealkylation sites (tertiary alicyclic amines) is 1. The van der Waals surface area contributed by atoms with Crippen LogP contribution in [-0.2, 0) is 29.0 Å². The summed E-state index contributed by atoms with van der Waals surface area (Å²) >= 11 is 0. The van der Waals surface area contributed by atoms with Gasteiger partial charge in [0.05, 0.1) is 19.1 Å². The highest BCUT2D eigenvalue weighted by Gasteiger charge is 2.31. The number of nitrogens with one attached hydrogen (secondary N) is 1. The number of hydrogen-bond acceptors (Lipinski definition) is 6. The van der Waals surface area contributed by atoms with Crippen molar-refractivity contribution in [3.8, 4) is 0 Å². The smallest absolute Gasteiger partial charge is 0.310 e. The molecule has 39 heavy (non-hydrogen) atoms. The van der Waals surface area contributed by atoms with Crippen LogP contribution in [0.25, 0.3) is 10.9 Å². The lowest BCUT2D eigenvalue weighted by Gasteiger charge is -2.30. The molecule has 204 valence electrons. The fraction of sp³-hybridized carbons (Fsp3) is 0.367. The maximum atomic E-state index is 13.5. The summed E-state index contributed by atoms with van der Waals surface area (Å²) in [6, 6.07) is 14.6. The molecule has 0 spiro atoms. The Balaban J connectivity index is 1.27. The number of carbonyl (C=O) groups is 2. The van der Waals surface area contributed by atoms with E-state index in [4.69, 9.17) is 9.15 Å². The minimum absolute atomic E-state index is 0.230. The van der Waals surface area contributed by atoms with E-state index in [1.54, 1.807) is 24.0 Å². The summed E-state index contributed by atoms with van der Waals surface area (Å²) in [5.41, 5.74) is 3.50. The first-order valence-electron chi connectivity index (χ1n) is 13.4. The minimum atomic E-state index is -0.315. The SMILES string of the molecule is CCOC(=O)C1CCCN(C(=O)c2coc(CN(CCc3c[nH]c4ccccc34)Cc3ccc(F)cc3)n2)C1. The summed E-state index contributed by atoms with van der Waals surface area (Å²) < 4.78 is 24.4. The molecule has 1 fully saturated rings. The van der Waals surface area contributed by atoms with Gasteiger partial charge in [-0.05, 0) is 55.5 Å². The van der Waals surface area contributed by atoms with E-state index in [1.165, 1.54) is 29.3 Å². The van der Waals surface area contributed by atoms with E-state index < -0.39 is 0 Å². The zero-order chi connectivity index (χ0) is 27.2. The number of amides is 1. The maximum Gasteiger partial charge on any atom is 0.310 e. The normalized spacial score (nSPS) is 15.7. The zero-order valence-corrected chi connectivity index (χ0v) is 22.1. The third-order valence-electron chi connectivity index (χ3n) is 7.15. The number of halogens is 1. The van der Waals surface area contributed by atoms with Crippen LogP contribution in [0.5, 0.6) is 0 Å². The van der Waals surface area contributed by atoms with E-state index >= 15 is 0 Å². The fourth-order valence-corrected chi connectivity index (χ4v) is 5.13. The molecule has 2 aromatic heterocycles. The van der Waals surface area contributed by atoms with Crippen molar-refractivity contribution in [3.63, 3.8) is 0 Å². The highest BCUT2D eigenvalue weighted by Crippen LogP contribution is 2.22. The summed E-state index contributed by atoms with van der Waals surface area (Å²) in [6.45, 7) is 4.66. The number of carbonyl (C=O) groups excluding carboxylic acids is 2. The molecule has 1 amide bonds. The predicted octanol–water partition coefficient (Wildman–Crippen LogP) is 4.96. The van der Waals surface area contributed by atoms with Crippen LogP contribution in [0.1, 0.15) is 47.3 Å². The van der Waals surface area contributed by atoms with Gasteiger partial charge in [0, 0.05) is 43.3 Å². The number of H-pyrrole nitrogens is 1. The number of esters is 1. The van der Waals surface area contributed by atoms with E-state index in [9.17, 15) is 14.0 Å². The molecule has 0 aliphatic carbocycles. The molecule has 1 N–H and O–H groups in total. The van der Waals surface area contributed by atoms with Gasteiger partial charge in [-0.25, -0.2) is 9.37 Å². The molecule has 9 heteroatoms. The molecule has 2 aromatic carbocycles. The first kappa shape index (κ1) is 26.6. The molecule has 4 aromatic rings. The van der Waals surface area contributed by atoms with Gasteiger partial charge in [0.1, 0.15) is 12.1 Å². The van der Waals surface area contributed by atoms with Crippen molar-refractivity contribution in [2.45, 2.75) is 39.3 Å². The van der Waals surface area contributed by atoms with Crippen LogP contribution in [0.3, 0.4) is 0 Å². The van der Waals surface area contributed by atoms with Gasteiger partial charge < -0.3 is 19.0 Å². The van der Waals surface area contributed by atoms with E-state index in [0.717, 1.165) is 23.9 Å². The first-order valence-corrected chi connectivity index (χ1v) is 13.4. The molecule has 0 radical (unpaired) electrons. The number of fused-ring (bicyclic) bond motifs is 1. The third kappa shape index (κ3) is 6.54. The van der Waals surface area contributed by atoms with Crippen molar-refractivity contribution < 1.29 is 23.1 Å². The summed E-state index contributed by atoms with van der Waals surface area (Å²) in [4.78, 5) is 37.0. The van der Waals surface area contributed by atoms with Crippen molar-refractivity contribution in [3.05, 3.63) is 89.5 Å². The van der Waals surface area contributed by atoms with E-state index in [-0.39, 0.29) is 29.3 Å². The van der Waals surface area contributed by atoms with Crippen LogP contribution < -0.4 is 0 Å². The molecule has 1 saturated heterocycles. The molecule has 1 atom stereocenters. The van der Waals surface area contributed by atoms with Gasteiger partial charge in [-0.2, -0.15) is 0 Å². The number of nitrogens with zero attached hydrogens (tertiary/aromatic N) is 3. The van der Waals surface area contributed by atoms with Gasteiger partial charge in [-0.3, -0.25) is 14.5 Å². The average molecular weight is 533 g/mol. The number of benzene rings is 2. The van der Waals surface area contributed by atoms with Gasteiger partial charge in [0.15, 0.2) is 5.69 Å². The largest absolute Gasteiger partial charge is 0.466 e. The van der Waals surface area contributed by atoms with Crippen LogP contribution in [0.4, 0.5) is 4.39 Å². The van der Waals surface area contributed by atoms with Crippen LogP contribution in [0.2, 0.25) is 0 Å². The van der Waals surface area contributed by atoms with Crippen LogP contribution >= 0.6 is 0 Å². The summed E-state index contributed by atoms with van der Waals surface area (Å²) in [6.07, 6.45) is 5.66. The fourth-order valence-electron chi connectivity index (χ4n) is 5.13. The highest BCUT2D eigenvalue weighted by molar-refractivity contribution is 5.92. The number of rotatable bonds is 10. The van der Waals surface area contributed by atoms with Crippen LogP contribution in [0, 0.1) is 11.7 Å². The average Bonchev–Trinajstić information content (AvgIpc) is 3.60. The predicted molar refractivity (Wildman–Crippen MR) is 144 cm³/mol. The van der Waals surface area contributed by atoms with E-state index in [2.05, 4.69) is 27.0 Å². The quantitative estimate of drug-likeness (QED) is 0.291. The zero-order valence-electron chi connectivity index (χ0n) is 22.1. The molecule has 5 rings (SSSR count). The lowest BCUT2D eigenvalue weighted by atomic mass is 9.98. The van der Waals surface area contributed by atoms with Gasteiger partial charge in [-0.1, -0.05) is 30.3 Å². The number of aromatic nitrogens is 2. The Hall–Kier alpha value is -3.98. The van der Waals surface area contributed by atoms with Crippen LogP contribution in [0.15, 0.2) is 65.4 Å². The van der Waals surface area contributed by atoms with Crippen molar-refractivity contribution >= 4 is 22.8 Å². The molecule has 0 saturated carbocycles. The topological polar surface area (TPSA) is 91.7 Å². The molecule has 0 bridgehead atoms. The second kappa shape index (κ2) is 12.3. The summed E-state index contributed by atoms with van der Waals surface area (Å²) in [7, 11) is 0. The molecule has 1 unspecified atom stereocenters. The molecule has 3 heterocycles. The van der Waals surface area contributed by atoms with Gasteiger partial charge in [0.25, 0.3) is 5.91 Å². The molecule has 1 aliphatic heterocycles. The standard InChI is InChI=1S/C30H33FN4O4/c1-2-38-30(37)23-6-5-14-35(18-23)29(36)27-20-39-28(33-27)19-34(17-21-9-11-24(31)12-10-21)15-13-22-16-32-26-8-4-3-7-25(22)26/h3-4,7-12,16,20,23,32H,2,5-6,13-15,17-19H2,1H3. The highest BCUT2D eigenvalue weighted by atomic mass is 19.1. The van der Waals surface area contributed by atoms with Gasteiger partial charge in [-0.15, -0.1) is 0 Å². The maximum absolute atomic E-state index is 13.5. The number of para-hydroxylation sites is 1. The Morgan fingerprint density at radius 1 is 1.18 bits per heavy atom. The molecule has 1 aliphatic rings. The molecular weight excluding hydrogens is 499 g/mol. The van der Waals surface area contributed by atoms with E-state index in [1.807, 2.05) is 18.3 Å². The Labute approximate surface area is 226 Å². The molecule has 8 nitrogen and oxygen atoms in total. The van der Waals surface area contributed by atoms with E-state index in [0.29, 0.717) is 51.6 Å². The van der Waals surface area contributed by atoms with Crippen molar-refractivity contribution in [1.82, 2.24) is 19.8 Å². The minimum Gasteiger partial charge on any atom is -0.466 e. The number of hydrogen-bond donors (Lipinski definition) is 1. The molecular formula is C30H33FN4O4.